The fourth-order valence-corrected chi connectivity index (χ4v) is 4.54. The molecule has 2 aliphatic rings. The van der Waals surface area contributed by atoms with Crippen molar-refractivity contribution in [2.45, 2.75) is 52.4 Å². The summed E-state index contributed by atoms with van der Waals surface area (Å²) in [6.07, 6.45) is 3.59. The van der Waals surface area contributed by atoms with Crippen molar-refractivity contribution in [1.82, 2.24) is 5.32 Å². The summed E-state index contributed by atoms with van der Waals surface area (Å²) in [5.74, 6) is -0.441. The molecule has 2 amide bonds. The molecule has 1 heterocycles. The topological polar surface area (TPSA) is 46.2 Å². The normalized spacial score (nSPS) is 31.5. The summed E-state index contributed by atoms with van der Waals surface area (Å²) in [7, 11) is 0. The van der Waals surface area contributed by atoms with Crippen molar-refractivity contribution in [1.29, 1.82) is 0 Å². The lowest BCUT2D eigenvalue weighted by Crippen LogP contribution is -2.54. The highest BCUT2D eigenvalue weighted by molar-refractivity contribution is 6.02. The van der Waals surface area contributed by atoms with Crippen molar-refractivity contribution in [2.24, 2.45) is 10.8 Å². The molecular formula is C18H23NO2. The Morgan fingerprint density at radius 3 is 2.48 bits per heavy atom. The number of aryl methyl sites for hydroxylation is 1. The van der Waals surface area contributed by atoms with Gasteiger partial charge in [-0.2, -0.15) is 0 Å². The van der Waals surface area contributed by atoms with E-state index in [0.29, 0.717) is 6.42 Å². The average molecular weight is 285 g/mol. The van der Waals surface area contributed by atoms with Gasteiger partial charge in [-0.1, -0.05) is 44.5 Å². The average Bonchev–Trinajstić information content (AvgIpc) is 2.66. The van der Waals surface area contributed by atoms with Crippen LogP contribution in [0.5, 0.6) is 0 Å². The number of rotatable bonds is 1. The molecule has 21 heavy (non-hydrogen) atoms. The number of piperidine rings is 1. The molecule has 2 fully saturated rings. The van der Waals surface area contributed by atoms with Crippen molar-refractivity contribution in [2.75, 3.05) is 0 Å². The molecule has 1 aliphatic heterocycles. The standard InChI is InChI=1S/C18H23NO2/c1-12-7-4-5-8-13(12)15-16(21)19-14(20)11-18(15)10-6-9-17(18,2)3/h4-5,7-8,15H,6,9-11H2,1-3H3,(H,19,20,21). The fraction of sp³-hybridized carbons (Fsp3) is 0.556. The van der Waals surface area contributed by atoms with Crippen LogP contribution in [0.1, 0.15) is 56.6 Å². The number of amides is 2. The number of hydrogen-bond donors (Lipinski definition) is 1. The van der Waals surface area contributed by atoms with Gasteiger partial charge in [0, 0.05) is 6.42 Å². The summed E-state index contributed by atoms with van der Waals surface area (Å²) in [6, 6.07) is 8.08. The molecule has 1 aromatic rings. The van der Waals surface area contributed by atoms with Gasteiger partial charge in [0.05, 0.1) is 5.92 Å². The van der Waals surface area contributed by atoms with Crippen LogP contribution in [0.25, 0.3) is 0 Å². The van der Waals surface area contributed by atoms with Gasteiger partial charge in [0.25, 0.3) is 0 Å². The first-order valence-corrected chi connectivity index (χ1v) is 7.77. The maximum atomic E-state index is 12.7. The van der Waals surface area contributed by atoms with E-state index in [0.717, 1.165) is 30.4 Å². The Labute approximate surface area is 126 Å². The first-order valence-electron chi connectivity index (χ1n) is 7.77. The molecule has 1 spiro atoms. The zero-order chi connectivity index (χ0) is 15.3. The van der Waals surface area contributed by atoms with Crippen molar-refractivity contribution in [3.05, 3.63) is 35.4 Å². The molecule has 3 heteroatoms. The Morgan fingerprint density at radius 2 is 1.86 bits per heavy atom. The van der Waals surface area contributed by atoms with Crippen LogP contribution in [0.4, 0.5) is 0 Å². The predicted octanol–water partition coefficient (Wildman–Crippen LogP) is 3.32. The van der Waals surface area contributed by atoms with Crippen LogP contribution in [0.15, 0.2) is 24.3 Å². The Balaban J connectivity index is 2.17. The first-order chi connectivity index (χ1) is 9.87. The number of nitrogens with one attached hydrogen (secondary N) is 1. The van der Waals surface area contributed by atoms with Crippen LogP contribution >= 0.6 is 0 Å². The number of carbonyl (C=O) groups excluding carboxylic acids is 2. The van der Waals surface area contributed by atoms with Crippen molar-refractivity contribution in [3.63, 3.8) is 0 Å². The second kappa shape index (κ2) is 4.69. The molecule has 2 atom stereocenters. The van der Waals surface area contributed by atoms with Gasteiger partial charge in [-0.25, -0.2) is 0 Å². The van der Waals surface area contributed by atoms with Gasteiger partial charge < -0.3 is 0 Å². The highest BCUT2D eigenvalue weighted by Gasteiger charge is 2.59. The quantitative estimate of drug-likeness (QED) is 0.805. The van der Waals surface area contributed by atoms with E-state index in [1.165, 1.54) is 0 Å². The summed E-state index contributed by atoms with van der Waals surface area (Å²) in [4.78, 5) is 24.7. The predicted molar refractivity (Wildman–Crippen MR) is 81.8 cm³/mol. The summed E-state index contributed by atoms with van der Waals surface area (Å²) in [5, 5.41) is 2.57. The lowest BCUT2D eigenvalue weighted by molar-refractivity contribution is -0.144. The number of imide groups is 1. The largest absolute Gasteiger partial charge is 0.296 e. The fourth-order valence-electron chi connectivity index (χ4n) is 4.54. The van der Waals surface area contributed by atoms with Gasteiger partial charge in [0.1, 0.15) is 0 Å². The molecule has 3 nitrogen and oxygen atoms in total. The van der Waals surface area contributed by atoms with Crippen LogP contribution in [0.3, 0.4) is 0 Å². The highest BCUT2D eigenvalue weighted by Crippen LogP contribution is 2.62. The van der Waals surface area contributed by atoms with E-state index in [-0.39, 0.29) is 28.6 Å². The van der Waals surface area contributed by atoms with Crippen molar-refractivity contribution >= 4 is 11.8 Å². The second-order valence-corrected chi connectivity index (χ2v) is 7.27. The lowest BCUT2D eigenvalue weighted by atomic mass is 9.55. The molecule has 2 unspecified atom stereocenters. The van der Waals surface area contributed by atoms with Crippen LogP contribution < -0.4 is 5.32 Å². The Morgan fingerprint density at radius 1 is 1.14 bits per heavy atom. The monoisotopic (exact) mass is 285 g/mol. The van der Waals surface area contributed by atoms with Crippen LogP contribution in [-0.4, -0.2) is 11.8 Å². The van der Waals surface area contributed by atoms with E-state index >= 15 is 0 Å². The summed E-state index contributed by atoms with van der Waals surface area (Å²) < 4.78 is 0. The molecule has 3 rings (SSSR count). The molecule has 0 bridgehead atoms. The van der Waals surface area contributed by atoms with Gasteiger partial charge >= 0.3 is 0 Å². The van der Waals surface area contributed by atoms with E-state index in [4.69, 9.17) is 0 Å². The Bertz CT molecular complexity index is 605. The van der Waals surface area contributed by atoms with Gasteiger partial charge in [0.15, 0.2) is 0 Å². The van der Waals surface area contributed by atoms with Gasteiger partial charge in [-0.3, -0.25) is 14.9 Å². The van der Waals surface area contributed by atoms with E-state index in [1.807, 2.05) is 18.2 Å². The number of carbonyl (C=O) groups is 2. The van der Waals surface area contributed by atoms with Crippen molar-refractivity contribution < 1.29 is 9.59 Å². The van der Waals surface area contributed by atoms with Gasteiger partial charge in [-0.05, 0) is 41.7 Å². The van der Waals surface area contributed by atoms with E-state index in [1.54, 1.807) is 0 Å². The van der Waals surface area contributed by atoms with E-state index < -0.39 is 0 Å². The van der Waals surface area contributed by atoms with E-state index in [9.17, 15) is 9.59 Å². The smallest absolute Gasteiger partial charge is 0.234 e. The van der Waals surface area contributed by atoms with Crippen LogP contribution in [0.2, 0.25) is 0 Å². The third kappa shape index (κ3) is 2.02. The molecule has 112 valence electrons. The van der Waals surface area contributed by atoms with Crippen LogP contribution in [0, 0.1) is 17.8 Å². The van der Waals surface area contributed by atoms with Crippen LogP contribution in [-0.2, 0) is 9.59 Å². The van der Waals surface area contributed by atoms with E-state index in [2.05, 4.69) is 32.2 Å². The molecule has 1 aromatic carbocycles. The van der Waals surface area contributed by atoms with Crippen molar-refractivity contribution in [3.8, 4) is 0 Å². The second-order valence-electron chi connectivity index (χ2n) is 7.27. The SMILES string of the molecule is Cc1ccccc1C1C(=O)NC(=O)CC12CCCC2(C)C. The zero-order valence-corrected chi connectivity index (χ0v) is 13.0. The molecule has 1 N–H and O–H groups in total. The molecule has 0 radical (unpaired) electrons. The molecule has 1 saturated heterocycles. The molecule has 0 aromatic heterocycles. The summed E-state index contributed by atoms with van der Waals surface area (Å²) in [6.45, 7) is 6.49. The number of benzene rings is 1. The summed E-state index contributed by atoms with van der Waals surface area (Å²) in [5.41, 5.74) is 1.98. The minimum atomic E-state index is -0.238. The van der Waals surface area contributed by atoms with Gasteiger partial charge in [0.2, 0.25) is 11.8 Å². The number of hydrogen-bond acceptors (Lipinski definition) is 2. The lowest BCUT2D eigenvalue weighted by Gasteiger charge is -2.49. The molecule has 1 saturated carbocycles. The third-order valence-corrected chi connectivity index (χ3v) is 5.83. The molecule has 1 aliphatic carbocycles. The third-order valence-electron chi connectivity index (χ3n) is 5.83. The molecular weight excluding hydrogens is 262 g/mol. The first kappa shape index (κ1) is 14.3. The maximum absolute atomic E-state index is 12.7. The Hall–Kier alpha value is -1.64. The minimum absolute atomic E-state index is 0.00731. The Kier molecular flexibility index (Phi) is 3.19. The minimum Gasteiger partial charge on any atom is -0.296 e. The maximum Gasteiger partial charge on any atom is 0.234 e. The van der Waals surface area contributed by atoms with Gasteiger partial charge in [-0.15, -0.1) is 0 Å². The highest BCUT2D eigenvalue weighted by atomic mass is 16.2. The zero-order valence-electron chi connectivity index (χ0n) is 13.0. The summed E-state index contributed by atoms with van der Waals surface area (Å²) >= 11 is 0.